The molecule has 1 aliphatic heterocycles. The predicted octanol–water partition coefficient (Wildman–Crippen LogP) is 3.58. The number of halogens is 1. The second kappa shape index (κ2) is 8.54. The molecule has 2 rings (SSSR count). The van der Waals surface area contributed by atoms with Gasteiger partial charge in [0.1, 0.15) is 0 Å². The average Bonchev–Trinajstić information content (AvgIpc) is 2.58. The number of amides is 1. The van der Waals surface area contributed by atoms with E-state index in [0.717, 1.165) is 38.8 Å². The lowest BCUT2D eigenvalue weighted by atomic mass is 9.80. The normalized spacial score (nSPS) is 16.2. The average molecular weight is 325 g/mol. The smallest absolute Gasteiger partial charge is 0.230 e. The molecular weight excluding hydrogens is 296 g/mol. The molecule has 22 heavy (non-hydrogen) atoms. The minimum absolute atomic E-state index is 0. The van der Waals surface area contributed by atoms with E-state index in [1.54, 1.807) is 0 Å². The summed E-state index contributed by atoms with van der Waals surface area (Å²) in [5, 5.41) is 0. The van der Waals surface area contributed by atoms with Crippen LogP contribution in [0.1, 0.15) is 51.0 Å². The Morgan fingerprint density at radius 1 is 1.18 bits per heavy atom. The number of carbonyl (C=O) groups excluding carboxylic acids is 1. The first-order valence-corrected chi connectivity index (χ1v) is 8.21. The van der Waals surface area contributed by atoms with Gasteiger partial charge in [0, 0.05) is 19.6 Å². The number of hydrogen-bond donors (Lipinski definition) is 1. The van der Waals surface area contributed by atoms with Gasteiger partial charge in [0.25, 0.3) is 0 Å². The van der Waals surface area contributed by atoms with Crippen LogP contribution >= 0.6 is 12.4 Å². The number of piperidine rings is 1. The van der Waals surface area contributed by atoms with Crippen molar-refractivity contribution in [2.45, 2.75) is 45.4 Å². The van der Waals surface area contributed by atoms with E-state index in [2.05, 4.69) is 44.2 Å². The van der Waals surface area contributed by atoms with Gasteiger partial charge in [0.05, 0.1) is 5.41 Å². The maximum absolute atomic E-state index is 12.8. The van der Waals surface area contributed by atoms with Crippen molar-refractivity contribution < 1.29 is 4.79 Å². The highest BCUT2D eigenvalue weighted by atomic mass is 35.5. The molecule has 1 fully saturated rings. The fraction of sp³-hybridized carbons (Fsp3) is 0.611. The van der Waals surface area contributed by atoms with Gasteiger partial charge in [-0.3, -0.25) is 4.79 Å². The summed E-state index contributed by atoms with van der Waals surface area (Å²) < 4.78 is 0. The highest BCUT2D eigenvalue weighted by Crippen LogP contribution is 2.32. The summed E-state index contributed by atoms with van der Waals surface area (Å²) >= 11 is 0. The van der Waals surface area contributed by atoms with Gasteiger partial charge in [0.2, 0.25) is 5.91 Å². The second-order valence-electron chi connectivity index (χ2n) is 6.17. The van der Waals surface area contributed by atoms with Gasteiger partial charge >= 0.3 is 0 Å². The number of likely N-dealkylation sites (tertiary alicyclic amines) is 1. The number of hydrogen-bond acceptors (Lipinski definition) is 2. The molecule has 4 heteroatoms. The predicted molar refractivity (Wildman–Crippen MR) is 94.3 cm³/mol. The summed E-state index contributed by atoms with van der Waals surface area (Å²) in [5.74, 6) is 0.854. The van der Waals surface area contributed by atoms with Crippen LogP contribution in [0.5, 0.6) is 0 Å². The van der Waals surface area contributed by atoms with Gasteiger partial charge in [-0.25, -0.2) is 0 Å². The molecule has 1 saturated heterocycles. The Labute approximate surface area is 140 Å². The zero-order valence-corrected chi connectivity index (χ0v) is 14.6. The Morgan fingerprint density at radius 3 is 2.18 bits per heavy atom. The van der Waals surface area contributed by atoms with Crippen molar-refractivity contribution in [1.29, 1.82) is 0 Å². The number of carbonyl (C=O) groups is 1. The van der Waals surface area contributed by atoms with Crippen LogP contribution in [0.4, 0.5) is 0 Å². The zero-order chi connectivity index (χ0) is 15.3. The first-order chi connectivity index (χ1) is 10.2. The van der Waals surface area contributed by atoms with Crippen molar-refractivity contribution >= 4 is 18.3 Å². The first-order valence-electron chi connectivity index (χ1n) is 8.21. The fourth-order valence-corrected chi connectivity index (χ4v) is 3.40. The van der Waals surface area contributed by atoms with E-state index in [1.807, 2.05) is 4.90 Å². The number of benzene rings is 1. The SMILES string of the molecule is CCC(CC)(CN)C(=O)N1CCC(c2ccccc2)CC1.Cl. The third-order valence-corrected chi connectivity index (χ3v) is 5.25. The van der Waals surface area contributed by atoms with Crippen LogP contribution in [0.25, 0.3) is 0 Å². The van der Waals surface area contributed by atoms with Crippen molar-refractivity contribution in [3.63, 3.8) is 0 Å². The molecule has 124 valence electrons. The van der Waals surface area contributed by atoms with Gasteiger partial charge in [-0.05, 0) is 37.2 Å². The molecule has 3 nitrogen and oxygen atoms in total. The van der Waals surface area contributed by atoms with E-state index in [0.29, 0.717) is 12.5 Å². The van der Waals surface area contributed by atoms with Gasteiger partial charge < -0.3 is 10.6 Å². The molecule has 1 aromatic carbocycles. The standard InChI is InChI=1S/C18H28N2O.ClH/c1-3-18(4-2,14-19)17(21)20-12-10-16(11-13-20)15-8-6-5-7-9-15;/h5-9,16H,3-4,10-14,19H2,1-2H3;1H. The summed E-state index contributed by atoms with van der Waals surface area (Å²) in [6.45, 7) is 6.33. The van der Waals surface area contributed by atoms with E-state index in [9.17, 15) is 4.79 Å². The number of rotatable bonds is 5. The summed E-state index contributed by atoms with van der Waals surface area (Å²) in [7, 11) is 0. The molecule has 1 heterocycles. The first kappa shape index (κ1) is 19.0. The Bertz CT molecular complexity index is 443. The van der Waals surface area contributed by atoms with Crippen LogP contribution in [0, 0.1) is 5.41 Å². The third-order valence-electron chi connectivity index (χ3n) is 5.25. The lowest BCUT2D eigenvalue weighted by Gasteiger charge is -2.39. The summed E-state index contributed by atoms with van der Waals surface area (Å²) in [4.78, 5) is 14.8. The molecule has 0 aliphatic carbocycles. The summed E-state index contributed by atoms with van der Waals surface area (Å²) in [6.07, 6.45) is 3.78. The lowest BCUT2D eigenvalue weighted by molar-refractivity contribution is -0.143. The Kier molecular flexibility index (Phi) is 7.37. The van der Waals surface area contributed by atoms with E-state index in [-0.39, 0.29) is 23.7 Å². The molecule has 1 amide bonds. The minimum Gasteiger partial charge on any atom is -0.342 e. The van der Waals surface area contributed by atoms with Crippen LogP contribution in [0.2, 0.25) is 0 Å². The maximum atomic E-state index is 12.8. The van der Waals surface area contributed by atoms with Crippen LogP contribution in [0.15, 0.2) is 30.3 Å². The second-order valence-corrected chi connectivity index (χ2v) is 6.17. The molecule has 0 aromatic heterocycles. The molecule has 0 atom stereocenters. The summed E-state index contributed by atoms with van der Waals surface area (Å²) in [6, 6.07) is 10.6. The zero-order valence-electron chi connectivity index (χ0n) is 13.8. The molecule has 1 aliphatic rings. The van der Waals surface area contributed by atoms with Crippen LogP contribution in [-0.4, -0.2) is 30.4 Å². The van der Waals surface area contributed by atoms with Gasteiger partial charge in [0.15, 0.2) is 0 Å². The van der Waals surface area contributed by atoms with E-state index < -0.39 is 0 Å². The highest BCUT2D eigenvalue weighted by molar-refractivity contribution is 5.85. The van der Waals surface area contributed by atoms with Crippen molar-refractivity contribution in [3.8, 4) is 0 Å². The van der Waals surface area contributed by atoms with Gasteiger partial charge in [-0.2, -0.15) is 0 Å². The van der Waals surface area contributed by atoms with E-state index in [1.165, 1.54) is 5.56 Å². The minimum atomic E-state index is -0.348. The van der Waals surface area contributed by atoms with E-state index in [4.69, 9.17) is 5.73 Å². The Hall–Kier alpha value is -1.06. The molecule has 1 aromatic rings. The summed E-state index contributed by atoms with van der Waals surface area (Å²) in [5.41, 5.74) is 6.96. The largest absolute Gasteiger partial charge is 0.342 e. The lowest BCUT2D eigenvalue weighted by Crippen LogP contribution is -2.49. The molecule has 0 saturated carbocycles. The van der Waals surface area contributed by atoms with Crippen molar-refractivity contribution in [3.05, 3.63) is 35.9 Å². The number of nitrogens with zero attached hydrogens (tertiary/aromatic N) is 1. The van der Waals surface area contributed by atoms with Gasteiger partial charge in [-0.1, -0.05) is 44.2 Å². The van der Waals surface area contributed by atoms with Crippen LogP contribution in [0.3, 0.4) is 0 Å². The number of nitrogens with two attached hydrogens (primary N) is 1. The van der Waals surface area contributed by atoms with Crippen LogP contribution in [-0.2, 0) is 4.79 Å². The topological polar surface area (TPSA) is 46.3 Å². The molecule has 0 bridgehead atoms. The highest BCUT2D eigenvalue weighted by Gasteiger charge is 2.38. The third kappa shape index (κ3) is 3.82. The van der Waals surface area contributed by atoms with Gasteiger partial charge in [-0.15, -0.1) is 12.4 Å². The van der Waals surface area contributed by atoms with Crippen LogP contribution < -0.4 is 5.73 Å². The molecular formula is C18H29ClN2O. The molecule has 2 N–H and O–H groups in total. The Balaban J connectivity index is 0.00000242. The van der Waals surface area contributed by atoms with Crippen molar-refractivity contribution in [2.75, 3.05) is 19.6 Å². The monoisotopic (exact) mass is 324 g/mol. The molecule has 0 unspecified atom stereocenters. The van der Waals surface area contributed by atoms with Crippen molar-refractivity contribution in [2.24, 2.45) is 11.1 Å². The molecule has 0 spiro atoms. The Morgan fingerprint density at radius 2 is 1.73 bits per heavy atom. The fourth-order valence-electron chi connectivity index (χ4n) is 3.40. The quantitative estimate of drug-likeness (QED) is 0.899. The van der Waals surface area contributed by atoms with E-state index >= 15 is 0 Å². The molecule has 0 radical (unpaired) electrons. The van der Waals surface area contributed by atoms with Crippen molar-refractivity contribution in [1.82, 2.24) is 4.90 Å². The maximum Gasteiger partial charge on any atom is 0.230 e.